The average molecular weight is 716 g/mol. The number of hydrogen-bond donors (Lipinski definition) is 3. The van der Waals surface area contributed by atoms with Crippen molar-refractivity contribution in [1.29, 1.82) is 0 Å². The molecule has 2 aromatic rings. The zero-order valence-electron chi connectivity index (χ0n) is 28.2. The van der Waals surface area contributed by atoms with E-state index in [1.807, 2.05) is 32.7 Å². The van der Waals surface area contributed by atoms with Crippen molar-refractivity contribution in [2.45, 2.75) is 90.4 Å². The predicted octanol–water partition coefficient (Wildman–Crippen LogP) is 7.28. The molecule has 2 aromatic carbocycles. The standard InChI is InChI=1S/C30H40F9N7O.C2H6/c1-4-25(44(2)12-7-5-6-8-26(40)47)24-10-9-21(28(31,32)33)16-20(24)11-13-46(27(41)43-45(3)42)18-19-14-22(29(34,35)36)17-23(15-19)30(37,38)39;1-2/h9-10,14-17,25H,4-8,11-13,18,42H2,1-3H3,(H2,40,47)(H2,41,43);1-2H3. The number of unbranched alkanes of at least 4 members (excludes halogenated alkanes) is 2. The number of carbonyl (C=O) groups is 1. The number of carbonyl (C=O) groups excluding carboxylic acids is 1. The monoisotopic (exact) mass is 715 g/mol. The Labute approximate surface area is 281 Å². The van der Waals surface area contributed by atoms with E-state index in [0.29, 0.717) is 49.9 Å². The Morgan fingerprint density at radius 1 is 0.796 bits per heavy atom. The van der Waals surface area contributed by atoms with Gasteiger partial charge in [-0.2, -0.15) is 39.5 Å². The molecule has 0 heterocycles. The van der Waals surface area contributed by atoms with Crippen molar-refractivity contribution >= 4 is 11.9 Å². The molecule has 1 amide bonds. The molecule has 6 N–H and O–H groups in total. The Morgan fingerprint density at radius 2 is 1.35 bits per heavy atom. The van der Waals surface area contributed by atoms with Crippen molar-refractivity contribution in [2.24, 2.45) is 22.4 Å². The fourth-order valence-corrected chi connectivity index (χ4v) is 5.17. The van der Waals surface area contributed by atoms with E-state index >= 15 is 0 Å². The summed E-state index contributed by atoms with van der Waals surface area (Å²) in [6.07, 6.45) is -12.2. The lowest BCUT2D eigenvalue weighted by atomic mass is 9.93. The van der Waals surface area contributed by atoms with Crippen LogP contribution in [0.25, 0.3) is 0 Å². The first-order valence-electron chi connectivity index (χ1n) is 15.7. The number of alkyl halides is 9. The van der Waals surface area contributed by atoms with Crippen LogP contribution in [0.5, 0.6) is 0 Å². The van der Waals surface area contributed by atoms with E-state index in [9.17, 15) is 44.3 Å². The van der Waals surface area contributed by atoms with Gasteiger partial charge in [0, 0.05) is 32.6 Å². The van der Waals surface area contributed by atoms with Crippen molar-refractivity contribution in [1.82, 2.24) is 14.9 Å². The Hall–Kier alpha value is -3.73. The van der Waals surface area contributed by atoms with E-state index in [1.54, 1.807) is 0 Å². The first-order chi connectivity index (χ1) is 22.6. The van der Waals surface area contributed by atoms with E-state index in [-0.39, 0.29) is 43.0 Å². The minimum Gasteiger partial charge on any atom is -0.370 e. The number of nitrogens with zero attached hydrogens (tertiary/aromatic N) is 4. The molecule has 0 aliphatic heterocycles. The van der Waals surface area contributed by atoms with Crippen LogP contribution in [0, 0.1) is 0 Å². The van der Waals surface area contributed by atoms with Gasteiger partial charge in [-0.3, -0.25) is 9.69 Å². The molecule has 0 radical (unpaired) electrons. The fraction of sp³-hybridized carbons (Fsp3) is 0.562. The quantitative estimate of drug-likeness (QED) is 0.0446. The highest BCUT2D eigenvalue weighted by Gasteiger charge is 2.37. The van der Waals surface area contributed by atoms with Crippen LogP contribution in [-0.4, -0.2) is 54.0 Å². The van der Waals surface area contributed by atoms with E-state index in [0.717, 1.165) is 22.2 Å². The molecule has 2 rings (SSSR count). The van der Waals surface area contributed by atoms with Crippen molar-refractivity contribution in [3.05, 3.63) is 69.8 Å². The number of primary amides is 1. The van der Waals surface area contributed by atoms with Crippen molar-refractivity contribution < 1.29 is 44.3 Å². The molecule has 0 bridgehead atoms. The molecule has 17 heteroatoms. The molecular weight excluding hydrogens is 669 g/mol. The minimum atomic E-state index is -5.09. The van der Waals surface area contributed by atoms with Crippen LogP contribution < -0.4 is 17.3 Å². The molecule has 0 fully saturated rings. The van der Waals surface area contributed by atoms with Gasteiger partial charge in [0.15, 0.2) is 0 Å². The summed E-state index contributed by atoms with van der Waals surface area (Å²) in [5.41, 5.74) is 7.64. The zero-order valence-corrected chi connectivity index (χ0v) is 28.2. The van der Waals surface area contributed by atoms with Crippen LogP contribution in [0.2, 0.25) is 0 Å². The molecular formula is C32H46F9N7O. The van der Waals surface area contributed by atoms with Crippen LogP contribution in [0.1, 0.15) is 92.3 Å². The third-order valence-corrected chi connectivity index (χ3v) is 7.44. The number of nitrogens with two attached hydrogens (primary N) is 3. The van der Waals surface area contributed by atoms with E-state index in [4.69, 9.17) is 17.3 Å². The van der Waals surface area contributed by atoms with Crippen molar-refractivity contribution in [3.63, 3.8) is 0 Å². The van der Waals surface area contributed by atoms with Gasteiger partial charge < -0.3 is 16.4 Å². The Morgan fingerprint density at radius 3 is 1.82 bits per heavy atom. The summed E-state index contributed by atoms with van der Waals surface area (Å²) in [6, 6.07) is 4.05. The second-order valence-electron chi connectivity index (χ2n) is 11.2. The van der Waals surface area contributed by atoms with E-state index < -0.39 is 53.2 Å². The predicted molar refractivity (Wildman–Crippen MR) is 170 cm³/mol. The lowest BCUT2D eigenvalue weighted by Gasteiger charge is -2.31. The van der Waals surface area contributed by atoms with Gasteiger partial charge in [0.25, 0.3) is 0 Å². The number of hydrazone groups is 1. The Balaban J connectivity index is 0.00000589. The molecule has 0 saturated heterocycles. The fourth-order valence-electron chi connectivity index (χ4n) is 5.17. The molecule has 49 heavy (non-hydrogen) atoms. The molecule has 0 aliphatic rings. The van der Waals surface area contributed by atoms with Crippen LogP contribution in [0.15, 0.2) is 41.5 Å². The molecule has 0 aliphatic carbocycles. The lowest BCUT2D eigenvalue weighted by molar-refractivity contribution is -0.143. The molecule has 8 nitrogen and oxygen atoms in total. The van der Waals surface area contributed by atoms with Gasteiger partial charge in [-0.15, -0.1) is 5.10 Å². The summed E-state index contributed by atoms with van der Waals surface area (Å²) in [4.78, 5) is 14.1. The maximum atomic E-state index is 13.8. The molecule has 0 spiro atoms. The summed E-state index contributed by atoms with van der Waals surface area (Å²) >= 11 is 0. The lowest BCUT2D eigenvalue weighted by Crippen LogP contribution is -2.41. The topological polar surface area (TPSA) is 117 Å². The molecule has 1 atom stereocenters. The maximum absolute atomic E-state index is 13.8. The highest BCUT2D eigenvalue weighted by molar-refractivity contribution is 5.77. The van der Waals surface area contributed by atoms with E-state index in [2.05, 4.69) is 5.10 Å². The largest absolute Gasteiger partial charge is 0.416 e. The van der Waals surface area contributed by atoms with Gasteiger partial charge in [-0.05, 0) is 86.3 Å². The van der Waals surface area contributed by atoms with Gasteiger partial charge in [0.1, 0.15) is 0 Å². The van der Waals surface area contributed by atoms with Crippen LogP contribution >= 0.6 is 0 Å². The summed E-state index contributed by atoms with van der Waals surface area (Å²) in [5.74, 6) is 4.75. The first-order valence-corrected chi connectivity index (χ1v) is 15.7. The first kappa shape index (κ1) is 43.3. The maximum Gasteiger partial charge on any atom is 0.416 e. The number of hydrogen-bond acceptors (Lipinski definition) is 5. The average Bonchev–Trinajstić information content (AvgIpc) is 2.98. The van der Waals surface area contributed by atoms with Gasteiger partial charge >= 0.3 is 18.5 Å². The van der Waals surface area contributed by atoms with Gasteiger partial charge in [-0.25, -0.2) is 11.0 Å². The number of guanidine groups is 1. The van der Waals surface area contributed by atoms with Gasteiger partial charge in [-0.1, -0.05) is 33.3 Å². The van der Waals surface area contributed by atoms with Crippen LogP contribution in [0.3, 0.4) is 0 Å². The minimum absolute atomic E-state index is 0.00695. The second-order valence-corrected chi connectivity index (χ2v) is 11.2. The summed E-state index contributed by atoms with van der Waals surface area (Å²) in [6.45, 7) is 5.59. The van der Waals surface area contributed by atoms with Crippen LogP contribution in [0.4, 0.5) is 39.5 Å². The van der Waals surface area contributed by atoms with Crippen LogP contribution in [-0.2, 0) is 36.3 Å². The highest BCUT2D eigenvalue weighted by Crippen LogP contribution is 2.37. The molecule has 0 saturated carbocycles. The summed E-state index contributed by atoms with van der Waals surface area (Å²) in [7, 11) is 3.08. The molecule has 1 unspecified atom stereocenters. The third-order valence-electron chi connectivity index (χ3n) is 7.44. The second kappa shape index (κ2) is 18.9. The molecule has 0 aromatic heterocycles. The molecule has 278 valence electrons. The normalized spacial score (nSPS) is 13.2. The zero-order chi connectivity index (χ0) is 37.7. The van der Waals surface area contributed by atoms with Crippen molar-refractivity contribution in [2.75, 3.05) is 27.2 Å². The number of rotatable bonds is 15. The van der Waals surface area contributed by atoms with Gasteiger partial charge in [0.2, 0.25) is 11.9 Å². The number of halogens is 9. The highest BCUT2D eigenvalue weighted by atomic mass is 19.4. The van der Waals surface area contributed by atoms with E-state index in [1.165, 1.54) is 13.1 Å². The summed E-state index contributed by atoms with van der Waals surface area (Å²) in [5, 5.41) is 4.59. The Bertz CT molecular complexity index is 1330. The number of benzene rings is 2. The third kappa shape index (κ3) is 14.3. The SMILES string of the molecule is CC.CCC(c1ccc(C(F)(F)F)cc1CCN(Cc1cc(C(F)(F)F)cc(C(F)(F)F)c1)/C(N)=N/N(C)N)N(C)CCCCCC(N)=O. The number of amides is 1. The number of hydrazine groups is 1. The Kier molecular flexibility index (Phi) is 16.7. The summed E-state index contributed by atoms with van der Waals surface area (Å²) < 4.78 is 122. The smallest absolute Gasteiger partial charge is 0.370 e. The van der Waals surface area contributed by atoms with Crippen molar-refractivity contribution in [3.8, 4) is 0 Å². The van der Waals surface area contributed by atoms with Gasteiger partial charge in [0.05, 0.1) is 16.7 Å².